The summed E-state index contributed by atoms with van der Waals surface area (Å²) in [5, 5.41) is 32.7. The zero-order chi connectivity index (χ0) is 30.8. The van der Waals surface area contributed by atoms with Crippen molar-refractivity contribution in [1.82, 2.24) is 24.4 Å². The number of aliphatic hydroxyl groups excluding tert-OH is 1. The molecule has 3 aliphatic heterocycles. The van der Waals surface area contributed by atoms with Crippen LogP contribution in [-0.4, -0.2) is 95.9 Å². The molecule has 10 nitrogen and oxygen atoms in total. The molecule has 2 aromatic carbocycles. The maximum Gasteiger partial charge on any atom is 0.247 e. The molecule has 0 spiro atoms. The molecule has 230 valence electrons. The molecule has 3 saturated heterocycles. The summed E-state index contributed by atoms with van der Waals surface area (Å²) in [5.41, 5.74) is -0.314. The Balaban J connectivity index is 1.31. The van der Waals surface area contributed by atoms with Crippen molar-refractivity contribution in [3.8, 4) is 24.0 Å². The van der Waals surface area contributed by atoms with Gasteiger partial charge in [0.05, 0.1) is 36.6 Å². The van der Waals surface area contributed by atoms with Crippen molar-refractivity contribution in [3.05, 3.63) is 47.5 Å². The van der Waals surface area contributed by atoms with Gasteiger partial charge in [0.1, 0.15) is 29.9 Å². The first kappa shape index (κ1) is 28.7. The lowest BCUT2D eigenvalue weighted by Crippen LogP contribution is -2.55. The normalized spacial score (nSPS) is 27.2. The van der Waals surface area contributed by atoms with E-state index in [1.54, 1.807) is 34.9 Å². The number of aliphatic hydroxyl groups is 2. The minimum absolute atomic E-state index is 0.00282. The van der Waals surface area contributed by atoms with E-state index in [-0.39, 0.29) is 42.8 Å². The number of benzene rings is 2. The summed E-state index contributed by atoms with van der Waals surface area (Å²) in [5.74, 6) is 2.42. The molecule has 0 radical (unpaired) electrons. The zero-order valence-corrected chi connectivity index (χ0v) is 24.4. The molecule has 7 rings (SSSR count). The minimum atomic E-state index is -1.38. The largest absolute Gasteiger partial charge is 0.508 e. The van der Waals surface area contributed by atoms with Crippen molar-refractivity contribution in [2.75, 3.05) is 37.7 Å². The number of nitrogens with zero attached hydrogens (tertiary/aromatic N) is 6. The molecular formula is C32H34F2N6O4. The number of halogens is 2. The average Bonchev–Trinajstić information content (AvgIpc) is 3.65. The molecule has 12 heteroatoms. The van der Waals surface area contributed by atoms with E-state index in [1.165, 1.54) is 12.1 Å². The van der Waals surface area contributed by atoms with Gasteiger partial charge in [-0.1, -0.05) is 12.0 Å². The standard InChI is InChI=1S/C32H34F2N6O4/c1-3-23-24(34)6-5-19-11-22(41)12-20(26(19)23)14-39-18-35-27-28(39)36-30(38-10-7-25(42)31(2,43)16-38)37-29(27)44-17-32-8-4-9-40(32)15-21(33)13-32/h1,5-6,11-12,18,21,25,41-43H,4,7-10,13-17H2,2H3/t21-,25+,31-,32+/m1/s1. The number of piperidine rings is 1. The number of rotatable bonds is 6. The summed E-state index contributed by atoms with van der Waals surface area (Å²) < 4.78 is 37.3. The third-order valence-corrected chi connectivity index (χ3v) is 9.46. The van der Waals surface area contributed by atoms with Crippen LogP contribution in [0.15, 0.2) is 30.6 Å². The maximum atomic E-state index is 14.7. The van der Waals surface area contributed by atoms with Crippen LogP contribution in [0.4, 0.5) is 14.7 Å². The van der Waals surface area contributed by atoms with Crippen LogP contribution in [0.25, 0.3) is 21.9 Å². The monoisotopic (exact) mass is 604 g/mol. The van der Waals surface area contributed by atoms with Crippen molar-refractivity contribution >= 4 is 27.9 Å². The molecule has 4 aromatic rings. The van der Waals surface area contributed by atoms with Crippen LogP contribution in [0.5, 0.6) is 11.6 Å². The van der Waals surface area contributed by atoms with E-state index in [4.69, 9.17) is 21.1 Å². The predicted molar refractivity (Wildman–Crippen MR) is 160 cm³/mol. The number of phenols is 1. The number of anilines is 1. The van der Waals surface area contributed by atoms with Gasteiger partial charge in [0.15, 0.2) is 11.2 Å². The van der Waals surface area contributed by atoms with Crippen LogP contribution < -0.4 is 9.64 Å². The number of hydrogen-bond donors (Lipinski definition) is 3. The Morgan fingerprint density at radius 1 is 1.23 bits per heavy atom. The SMILES string of the molecule is C#Cc1c(F)ccc2cc(O)cc(Cn3cnc4c(OC[C@@]56CCCN5C[C@H](F)C6)nc(N5CC[C@H](O)[C@](C)(O)C5)nc43)c12. The number of aromatic nitrogens is 4. The molecule has 3 aliphatic rings. The Hall–Kier alpha value is -4.05. The highest BCUT2D eigenvalue weighted by molar-refractivity contribution is 5.92. The molecule has 0 unspecified atom stereocenters. The van der Waals surface area contributed by atoms with Crippen molar-refractivity contribution in [2.24, 2.45) is 0 Å². The summed E-state index contributed by atoms with van der Waals surface area (Å²) >= 11 is 0. The molecule has 5 heterocycles. The second-order valence-corrected chi connectivity index (χ2v) is 12.6. The fourth-order valence-electron chi connectivity index (χ4n) is 7.21. The molecule has 3 N–H and O–H groups in total. The van der Waals surface area contributed by atoms with Crippen LogP contribution in [0.3, 0.4) is 0 Å². The van der Waals surface area contributed by atoms with Crippen LogP contribution in [-0.2, 0) is 6.54 Å². The molecular weight excluding hydrogens is 570 g/mol. The molecule has 0 bridgehead atoms. The number of aromatic hydroxyl groups is 1. The van der Waals surface area contributed by atoms with E-state index in [0.717, 1.165) is 19.4 Å². The summed E-state index contributed by atoms with van der Waals surface area (Å²) in [6, 6.07) is 5.92. The Morgan fingerprint density at radius 2 is 2.07 bits per heavy atom. The lowest BCUT2D eigenvalue weighted by atomic mass is 9.92. The summed E-state index contributed by atoms with van der Waals surface area (Å²) in [6.07, 6.45) is 7.98. The Kier molecular flexibility index (Phi) is 6.88. The molecule has 0 saturated carbocycles. The maximum absolute atomic E-state index is 14.7. The highest BCUT2D eigenvalue weighted by Crippen LogP contribution is 2.41. The van der Waals surface area contributed by atoms with Gasteiger partial charge in [-0.05, 0) is 61.9 Å². The predicted octanol–water partition coefficient (Wildman–Crippen LogP) is 3.13. The average molecular weight is 605 g/mol. The van der Waals surface area contributed by atoms with Gasteiger partial charge in [-0.2, -0.15) is 9.97 Å². The Labute approximate surface area is 252 Å². The van der Waals surface area contributed by atoms with Gasteiger partial charge in [-0.25, -0.2) is 13.8 Å². The Morgan fingerprint density at radius 3 is 2.86 bits per heavy atom. The molecule has 0 amide bonds. The van der Waals surface area contributed by atoms with Crippen LogP contribution >= 0.6 is 0 Å². The van der Waals surface area contributed by atoms with E-state index in [1.807, 2.05) is 0 Å². The number of alkyl halides is 1. The summed E-state index contributed by atoms with van der Waals surface area (Å²) in [4.78, 5) is 18.1. The number of ether oxygens (including phenoxy) is 1. The van der Waals surface area contributed by atoms with E-state index in [0.29, 0.717) is 53.4 Å². The minimum Gasteiger partial charge on any atom is -0.508 e. The second kappa shape index (κ2) is 10.5. The second-order valence-electron chi connectivity index (χ2n) is 12.6. The van der Waals surface area contributed by atoms with Gasteiger partial charge in [0.25, 0.3) is 0 Å². The number of phenolic OH excluding ortho intramolecular Hbond substituents is 1. The van der Waals surface area contributed by atoms with Gasteiger partial charge in [0.2, 0.25) is 11.8 Å². The highest BCUT2D eigenvalue weighted by atomic mass is 19.1. The number of hydrogen-bond acceptors (Lipinski definition) is 9. The van der Waals surface area contributed by atoms with Gasteiger partial charge in [-0.3, -0.25) is 4.90 Å². The smallest absolute Gasteiger partial charge is 0.247 e. The topological polar surface area (TPSA) is 120 Å². The molecule has 4 atom stereocenters. The molecule has 2 aromatic heterocycles. The molecule has 3 fully saturated rings. The highest BCUT2D eigenvalue weighted by Gasteiger charge is 2.49. The van der Waals surface area contributed by atoms with Gasteiger partial charge >= 0.3 is 0 Å². The first-order valence-electron chi connectivity index (χ1n) is 14.9. The molecule has 0 aliphatic carbocycles. The molecule has 44 heavy (non-hydrogen) atoms. The number of terminal acetylenes is 1. The number of fused-ring (bicyclic) bond motifs is 3. The van der Waals surface area contributed by atoms with E-state index in [2.05, 4.69) is 15.8 Å². The third-order valence-electron chi connectivity index (χ3n) is 9.46. The third kappa shape index (κ3) is 4.80. The number of β-amino-alcohol motifs (C(OH)–C–C–N with tert-alkyl or cyclic N) is 1. The lowest BCUT2D eigenvalue weighted by molar-refractivity contribution is -0.0694. The fraction of sp³-hybridized carbons (Fsp3) is 0.469. The van der Waals surface area contributed by atoms with E-state index in [9.17, 15) is 24.1 Å². The van der Waals surface area contributed by atoms with E-state index < -0.39 is 29.2 Å². The summed E-state index contributed by atoms with van der Waals surface area (Å²) in [7, 11) is 0. The lowest BCUT2D eigenvalue weighted by Gasteiger charge is -2.40. The van der Waals surface area contributed by atoms with Gasteiger partial charge < -0.3 is 29.5 Å². The van der Waals surface area contributed by atoms with Crippen molar-refractivity contribution in [2.45, 2.75) is 62.6 Å². The number of imidazole rings is 1. The van der Waals surface area contributed by atoms with Crippen molar-refractivity contribution < 1.29 is 28.8 Å². The van der Waals surface area contributed by atoms with Crippen LogP contribution in [0.1, 0.15) is 43.7 Å². The van der Waals surface area contributed by atoms with Crippen molar-refractivity contribution in [3.63, 3.8) is 0 Å². The Bertz CT molecular complexity index is 1810. The summed E-state index contributed by atoms with van der Waals surface area (Å²) in [6.45, 7) is 3.67. The fourth-order valence-corrected chi connectivity index (χ4v) is 7.21. The van der Waals surface area contributed by atoms with E-state index >= 15 is 0 Å². The van der Waals surface area contributed by atoms with Gasteiger partial charge in [-0.15, -0.1) is 6.42 Å². The van der Waals surface area contributed by atoms with Crippen LogP contribution in [0.2, 0.25) is 0 Å². The quantitative estimate of drug-likeness (QED) is 0.285. The van der Waals surface area contributed by atoms with Crippen LogP contribution in [0, 0.1) is 18.2 Å². The van der Waals surface area contributed by atoms with Crippen molar-refractivity contribution in [1.29, 1.82) is 0 Å². The van der Waals surface area contributed by atoms with Gasteiger partial charge in [0, 0.05) is 24.9 Å². The first-order valence-corrected chi connectivity index (χ1v) is 14.9. The zero-order valence-electron chi connectivity index (χ0n) is 24.4. The first-order chi connectivity index (χ1) is 21.1.